The maximum absolute atomic E-state index is 11.7. The van der Waals surface area contributed by atoms with Crippen LogP contribution in [0.5, 0.6) is 0 Å². The lowest BCUT2D eigenvalue weighted by Gasteiger charge is -2.09. The normalized spacial score (nSPS) is 10.3. The van der Waals surface area contributed by atoms with Gasteiger partial charge in [-0.15, -0.1) is 0 Å². The zero-order valence-electron chi connectivity index (χ0n) is 12.8. The highest BCUT2D eigenvalue weighted by molar-refractivity contribution is 5.89. The minimum absolute atomic E-state index is 0.134. The highest BCUT2D eigenvalue weighted by atomic mass is 16.1. The first-order valence-corrected chi connectivity index (χ1v) is 7.31. The van der Waals surface area contributed by atoms with Crippen molar-refractivity contribution in [3.8, 4) is 0 Å². The Morgan fingerprint density at radius 2 is 2.05 bits per heavy atom. The maximum atomic E-state index is 11.7. The van der Waals surface area contributed by atoms with Crippen LogP contribution in [-0.4, -0.2) is 15.9 Å². The van der Waals surface area contributed by atoms with Crippen molar-refractivity contribution in [2.75, 3.05) is 10.6 Å². The standard InChI is InChI=1S/C16H20N4O2/c1-3-4-6-14-10-15(22)20-16(19-14)18-13-8-5-7-12(9-13)17-11(2)21/h5,7-10H,3-4,6H2,1-2H3,(H,17,21)(H2,18,19,20,22). The maximum Gasteiger partial charge on any atom is 0.252 e. The minimum atomic E-state index is -0.179. The second-order valence-electron chi connectivity index (χ2n) is 5.08. The molecule has 1 aromatic heterocycles. The number of benzene rings is 1. The second kappa shape index (κ2) is 7.40. The molecule has 0 aliphatic carbocycles. The van der Waals surface area contributed by atoms with Crippen LogP contribution in [0.3, 0.4) is 0 Å². The van der Waals surface area contributed by atoms with Crippen LogP contribution in [0.25, 0.3) is 0 Å². The van der Waals surface area contributed by atoms with E-state index in [4.69, 9.17) is 0 Å². The molecule has 1 aromatic carbocycles. The van der Waals surface area contributed by atoms with E-state index in [1.165, 1.54) is 13.0 Å². The summed E-state index contributed by atoms with van der Waals surface area (Å²) in [6, 6.07) is 8.74. The van der Waals surface area contributed by atoms with Crippen LogP contribution >= 0.6 is 0 Å². The molecule has 1 heterocycles. The molecule has 2 aromatic rings. The van der Waals surface area contributed by atoms with Crippen molar-refractivity contribution in [3.63, 3.8) is 0 Å². The molecule has 0 unspecified atom stereocenters. The Bertz CT molecular complexity index is 709. The predicted octanol–water partition coefficient (Wildman–Crippen LogP) is 2.81. The van der Waals surface area contributed by atoms with Crippen LogP contribution in [0.1, 0.15) is 32.4 Å². The molecule has 2 rings (SSSR count). The monoisotopic (exact) mass is 300 g/mol. The van der Waals surface area contributed by atoms with Gasteiger partial charge >= 0.3 is 0 Å². The van der Waals surface area contributed by atoms with Gasteiger partial charge in [-0.2, -0.15) is 0 Å². The van der Waals surface area contributed by atoms with Crippen LogP contribution < -0.4 is 16.2 Å². The first-order valence-electron chi connectivity index (χ1n) is 7.31. The number of H-pyrrole nitrogens is 1. The summed E-state index contributed by atoms with van der Waals surface area (Å²) in [5.74, 6) is 0.267. The molecule has 0 spiro atoms. The molecule has 0 radical (unpaired) electrons. The van der Waals surface area contributed by atoms with Gasteiger partial charge in [0.05, 0.1) is 0 Å². The molecule has 0 bridgehead atoms. The zero-order valence-corrected chi connectivity index (χ0v) is 12.8. The molecule has 0 atom stereocenters. The van der Waals surface area contributed by atoms with E-state index in [-0.39, 0.29) is 11.5 Å². The topological polar surface area (TPSA) is 86.9 Å². The largest absolute Gasteiger partial charge is 0.326 e. The molecule has 6 heteroatoms. The van der Waals surface area contributed by atoms with Crippen molar-refractivity contribution in [2.45, 2.75) is 33.1 Å². The Balaban J connectivity index is 2.17. The summed E-state index contributed by atoms with van der Waals surface area (Å²) in [5.41, 5.74) is 2.01. The number of amides is 1. The van der Waals surface area contributed by atoms with Gasteiger partial charge in [0.2, 0.25) is 11.9 Å². The SMILES string of the molecule is CCCCc1cc(=O)[nH]c(Nc2cccc(NC(C)=O)c2)n1. The van der Waals surface area contributed by atoms with Gasteiger partial charge in [0.25, 0.3) is 5.56 Å². The Hall–Kier alpha value is -2.63. The zero-order chi connectivity index (χ0) is 15.9. The van der Waals surface area contributed by atoms with Gasteiger partial charge in [-0.05, 0) is 31.0 Å². The third-order valence-electron chi connectivity index (χ3n) is 3.03. The number of rotatable bonds is 6. The molecule has 0 fully saturated rings. The summed E-state index contributed by atoms with van der Waals surface area (Å²) in [6.07, 6.45) is 2.82. The van der Waals surface area contributed by atoms with Crippen LogP contribution in [0.2, 0.25) is 0 Å². The summed E-state index contributed by atoms with van der Waals surface area (Å²) in [5, 5.41) is 5.77. The van der Waals surface area contributed by atoms with Crippen LogP contribution in [0, 0.1) is 0 Å². The van der Waals surface area contributed by atoms with E-state index in [9.17, 15) is 9.59 Å². The number of hydrogen-bond acceptors (Lipinski definition) is 4. The van der Waals surface area contributed by atoms with Crippen molar-refractivity contribution in [1.29, 1.82) is 0 Å². The van der Waals surface area contributed by atoms with E-state index >= 15 is 0 Å². The fourth-order valence-electron chi connectivity index (χ4n) is 2.07. The smallest absolute Gasteiger partial charge is 0.252 e. The number of carbonyl (C=O) groups excluding carboxylic acids is 1. The molecule has 116 valence electrons. The van der Waals surface area contributed by atoms with Crippen LogP contribution in [0.15, 0.2) is 35.1 Å². The number of nitrogens with zero attached hydrogens (tertiary/aromatic N) is 1. The van der Waals surface area contributed by atoms with Crippen LogP contribution in [-0.2, 0) is 11.2 Å². The van der Waals surface area contributed by atoms with Crippen molar-refractivity contribution < 1.29 is 4.79 Å². The quantitative estimate of drug-likeness (QED) is 0.765. The Morgan fingerprint density at radius 3 is 2.77 bits per heavy atom. The molecule has 0 saturated heterocycles. The number of carbonyl (C=O) groups is 1. The van der Waals surface area contributed by atoms with Crippen molar-refractivity contribution in [1.82, 2.24) is 9.97 Å². The van der Waals surface area contributed by atoms with Gasteiger partial charge in [-0.3, -0.25) is 14.6 Å². The molecular formula is C16H20N4O2. The molecule has 22 heavy (non-hydrogen) atoms. The van der Waals surface area contributed by atoms with Crippen LogP contribution in [0.4, 0.5) is 17.3 Å². The van der Waals surface area contributed by atoms with E-state index in [0.29, 0.717) is 11.6 Å². The first-order chi connectivity index (χ1) is 10.6. The van der Waals surface area contributed by atoms with Gasteiger partial charge in [0.15, 0.2) is 0 Å². The average molecular weight is 300 g/mol. The van der Waals surface area contributed by atoms with Crippen molar-refractivity contribution in [2.24, 2.45) is 0 Å². The Kier molecular flexibility index (Phi) is 5.30. The second-order valence-corrected chi connectivity index (χ2v) is 5.08. The number of nitrogens with one attached hydrogen (secondary N) is 3. The van der Waals surface area contributed by atoms with Crippen molar-refractivity contribution in [3.05, 3.63) is 46.4 Å². The van der Waals surface area contributed by atoms with Crippen molar-refractivity contribution >= 4 is 23.2 Å². The van der Waals surface area contributed by atoms with Gasteiger partial charge in [0.1, 0.15) is 0 Å². The van der Waals surface area contributed by atoms with E-state index in [2.05, 4.69) is 27.5 Å². The number of aromatic nitrogens is 2. The summed E-state index contributed by atoms with van der Waals surface area (Å²) in [4.78, 5) is 29.8. The van der Waals surface area contributed by atoms with Gasteiger partial charge < -0.3 is 10.6 Å². The highest BCUT2D eigenvalue weighted by Gasteiger charge is 2.03. The molecule has 0 aliphatic heterocycles. The summed E-state index contributed by atoms with van der Waals surface area (Å²) in [7, 11) is 0. The van der Waals surface area contributed by atoms with E-state index < -0.39 is 0 Å². The third kappa shape index (κ3) is 4.73. The van der Waals surface area contributed by atoms with Gasteiger partial charge in [0, 0.05) is 30.1 Å². The minimum Gasteiger partial charge on any atom is -0.326 e. The van der Waals surface area contributed by atoms with E-state index in [1.807, 2.05) is 12.1 Å². The lowest BCUT2D eigenvalue weighted by atomic mass is 10.2. The van der Waals surface area contributed by atoms with E-state index in [1.54, 1.807) is 12.1 Å². The van der Waals surface area contributed by atoms with Gasteiger partial charge in [-0.1, -0.05) is 19.4 Å². The average Bonchev–Trinajstić information content (AvgIpc) is 2.44. The summed E-state index contributed by atoms with van der Waals surface area (Å²) in [6.45, 7) is 3.55. The number of aryl methyl sites for hydroxylation is 1. The third-order valence-corrected chi connectivity index (χ3v) is 3.03. The number of unbranched alkanes of at least 4 members (excludes halogenated alkanes) is 1. The Labute approximate surface area is 129 Å². The lowest BCUT2D eigenvalue weighted by molar-refractivity contribution is -0.114. The lowest BCUT2D eigenvalue weighted by Crippen LogP contribution is -2.12. The molecule has 0 aliphatic rings. The predicted molar refractivity (Wildman–Crippen MR) is 87.5 cm³/mol. The van der Waals surface area contributed by atoms with Gasteiger partial charge in [-0.25, -0.2) is 4.98 Å². The summed E-state index contributed by atoms with van der Waals surface area (Å²) >= 11 is 0. The summed E-state index contributed by atoms with van der Waals surface area (Å²) < 4.78 is 0. The Morgan fingerprint density at radius 1 is 1.27 bits per heavy atom. The molecular weight excluding hydrogens is 280 g/mol. The first kappa shape index (κ1) is 15.8. The number of anilines is 3. The molecule has 3 N–H and O–H groups in total. The molecule has 1 amide bonds. The highest BCUT2D eigenvalue weighted by Crippen LogP contribution is 2.17. The molecule has 6 nitrogen and oxygen atoms in total. The fourth-order valence-corrected chi connectivity index (χ4v) is 2.07. The number of hydrogen-bond donors (Lipinski definition) is 3. The molecule has 0 saturated carbocycles. The van der Waals surface area contributed by atoms with E-state index in [0.717, 1.165) is 30.6 Å². The fraction of sp³-hybridized carbons (Fsp3) is 0.312. The number of aromatic amines is 1.